The van der Waals surface area contributed by atoms with Crippen LogP contribution < -0.4 is 20.7 Å². The van der Waals surface area contributed by atoms with E-state index in [1.54, 1.807) is 7.11 Å². The molecule has 96 valence electrons. The number of hydrogen-bond acceptors (Lipinski definition) is 5. The van der Waals surface area contributed by atoms with Crippen LogP contribution in [0.2, 0.25) is 0 Å². The minimum Gasteiger partial charge on any atom is -0.493 e. The van der Waals surface area contributed by atoms with E-state index >= 15 is 0 Å². The zero-order valence-corrected chi connectivity index (χ0v) is 10.1. The highest BCUT2D eigenvalue weighted by atomic mass is 16.5. The van der Waals surface area contributed by atoms with Gasteiger partial charge in [0, 0.05) is 32.7 Å². The van der Waals surface area contributed by atoms with E-state index in [1.807, 2.05) is 24.3 Å². The van der Waals surface area contributed by atoms with Crippen LogP contribution in [0.4, 0.5) is 0 Å². The lowest BCUT2D eigenvalue weighted by atomic mass is 10.3. The molecular formula is C12H20N2O3. The minimum absolute atomic E-state index is 0.531. The topological polar surface area (TPSA) is 65.7 Å². The van der Waals surface area contributed by atoms with Crippen molar-refractivity contribution in [2.45, 2.75) is 6.42 Å². The molecule has 1 aromatic carbocycles. The molecule has 0 radical (unpaired) electrons. The summed E-state index contributed by atoms with van der Waals surface area (Å²) in [5.41, 5.74) is 2.53. The third kappa shape index (κ3) is 6.11. The smallest absolute Gasteiger partial charge is 0.123 e. The summed E-state index contributed by atoms with van der Waals surface area (Å²) >= 11 is 0. The molecule has 0 bridgehead atoms. The molecule has 0 saturated carbocycles. The van der Waals surface area contributed by atoms with Gasteiger partial charge >= 0.3 is 0 Å². The lowest BCUT2D eigenvalue weighted by molar-refractivity contribution is 0.172. The van der Waals surface area contributed by atoms with Gasteiger partial charge in [-0.3, -0.25) is 11.3 Å². The summed E-state index contributed by atoms with van der Waals surface area (Å²) in [6, 6.07) is 7.56. The molecule has 0 amide bonds. The van der Waals surface area contributed by atoms with Crippen LogP contribution in [-0.4, -0.2) is 33.5 Å². The molecule has 0 saturated heterocycles. The molecule has 0 unspecified atom stereocenters. The minimum atomic E-state index is 0.531. The fourth-order valence-electron chi connectivity index (χ4n) is 1.27. The number of methoxy groups -OCH3 is 1. The maximum Gasteiger partial charge on any atom is 0.123 e. The normalized spacial score (nSPS) is 10.2. The molecule has 0 aliphatic rings. The van der Waals surface area contributed by atoms with Crippen molar-refractivity contribution in [2.75, 3.05) is 33.5 Å². The average molecular weight is 240 g/mol. The van der Waals surface area contributed by atoms with Crippen molar-refractivity contribution in [1.82, 2.24) is 5.43 Å². The first kappa shape index (κ1) is 13.8. The molecule has 0 aromatic heterocycles. The Kier molecular flexibility index (Phi) is 7.13. The second kappa shape index (κ2) is 8.81. The van der Waals surface area contributed by atoms with E-state index in [0.29, 0.717) is 26.4 Å². The highest BCUT2D eigenvalue weighted by molar-refractivity contribution is 5.32. The molecule has 5 nitrogen and oxygen atoms in total. The second-order valence-corrected chi connectivity index (χ2v) is 3.47. The maximum absolute atomic E-state index is 5.55. The molecule has 1 rings (SSSR count). The van der Waals surface area contributed by atoms with Gasteiger partial charge in [-0.15, -0.1) is 0 Å². The van der Waals surface area contributed by atoms with E-state index in [-0.39, 0.29) is 0 Å². The number of nitrogens with two attached hydrogens (primary N) is 1. The van der Waals surface area contributed by atoms with Crippen molar-refractivity contribution >= 4 is 0 Å². The molecule has 0 aliphatic carbocycles. The quantitative estimate of drug-likeness (QED) is 0.382. The predicted molar refractivity (Wildman–Crippen MR) is 66.1 cm³/mol. The fraction of sp³-hybridized carbons (Fsp3) is 0.500. The molecular weight excluding hydrogens is 220 g/mol. The summed E-state index contributed by atoms with van der Waals surface area (Å²) in [5.74, 6) is 6.74. The van der Waals surface area contributed by atoms with Crippen LogP contribution in [0.3, 0.4) is 0 Å². The van der Waals surface area contributed by atoms with Crippen molar-refractivity contribution in [3.05, 3.63) is 24.3 Å². The Morgan fingerprint density at radius 1 is 1.12 bits per heavy atom. The van der Waals surface area contributed by atoms with Gasteiger partial charge in [-0.25, -0.2) is 0 Å². The van der Waals surface area contributed by atoms with Gasteiger partial charge in [0.05, 0.1) is 6.61 Å². The van der Waals surface area contributed by atoms with Crippen LogP contribution in [-0.2, 0) is 4.74 Å². The number of nitrogens with one attached hydrogen (secondary N) is 1. The molecule has 1 aromatic rings. The highest BCUT2D eigenvalue weighted by Gasteiger charge is 1.97. The van der Waals surface area contributed by atoms with E-state index in [9.17, 15) is 0 Å². The molecule has 0 spiro atoms. The molecule has 0 fully saturated rings. The first-order valence-corrected chi connectivity index (χ1v) is 5.65. The van der Waals surface area contributed by atoms with Crippen molar-refractivity contribution in [3.8, 4) is 11.5 Å². The second-order valence-electron chi connectivity index (χ2n) is 3.47. The first-order chi connectivity index (χ1) is 8.36. The summed E-state index contributed by atoms with van der Waals surface area (Å²) in [6.07, 6.45) is 0.874. The number of hydrogen-bond donors (Lipinski definition) is 2. The Balaban J connectivity index is 2.31. The molecule has 3 N–H and O–H groups in total. The number of rotatable bonds is 9. The molecule has 0 atom stereocenters. The van der Waals surface area contributed by atoms with Crippen LogP contribution in [0.5, 0.6) is 11.5 Å². The van der Waals surface area contributed by atoms with Crippen LogP contribution in [0, 0.1) is 0 Å². The van der Waals surface area contributed by atoms with Crippen molar-refractivity contribution in [3.63, 3.8) is 0 Å². The average Bonchev–Trinajstić information content (AvgIpc) is 2.36. The lowest BCUT2D eigenvalue weighted by Gasteiger charge is -2.09. The highest BCUT2D eigenvalue weighted by Crippen LogP contribution is 2.19. The zero-order chi connectivity index (χ0) is 12.3. The van der Waals surface area contributed by atoms with E-state index < -0.39 is 0 Å². The van der Waals surface area contributed by atoms with Gasteiger partial charge in [0.25, 0.3) is 0 Å². The third-order valence-electron chi connectivity index (χ3n) is 2.08. The van der Waals surface area contributed by atoms with Gasteiger partial charge in [0.1, 0.15) is 18.1 Å². The molecule has 0 aliphatic heterocycles. The largest absolute Gasteiger partial charge is 0.493 e. The van der Waals surface area contributed by atoms with Gasteiger partial charge in [0.15, 0.2) is 0 Å². The van der Waals surface area contributed by atoms with Crippen molar-refractivity contribution in [1.29, 1.82) is 0 Å². The summed E-state index contributed by atoms with van der Waals surface area (Å²) in [5, 5.41) is 0. The summed E-state index contributed by atoms with van der Waals surface area (Å²) < 4.78 is 16.0. The van der Waals surface area contributed by atoms with Gasteiger partial charge in [-0.1, -0.05) is 6.07 Å². The number of ether oxygens (including phenoxy) is 3. The third-order valence-corrected chi connectivity index (χ3v) is 2.08. The summed E-state index contributed by atoms with van der Waals surface area (Å²) in [7, 11) is 1.68. The fourth-order valence-corrected chi connectivity index (χ4v) is 1.27. The van der Waals surface area contributed by atoms with Crippen LogP contribution in [0.25, 0.3) is 0 Å². The van der Waals surface area contributed by atoms with E-state index in [1.165, 1.54) is 0 Å². The number of hydrazine groups is 1. The molecule has 17 heavy (non-hydrogen) atoms. The Hall–Kier alpha value is -1.30. The Morgan fingerprint density at radius 3 is 2.47 bits per heavy atom. The SMILES string of the molecule is COCCCOc1cccc(OCCNN)c1. The Bertz CT molecular complexity index is 308. The van der Waals surface area contributed by atoms with E-state index in [4.69, 9.17) is 20.1 Å². The monoisotopic (exact) mass is 240 g/mol. The van der Waals surface area contributed by atoms with E-state index in [0.717, 1.165) is 17.9 Å². The van der Waals surface area contributed by atoms with Gasteiger partial charge in [0.2, 0.25) is 0 Å². The zero-order valence-electron chi connectivity index (χ0n) is 10.1. The van der Waals surface area contributed by atoms with Crippen LogP contribution in [0.15, 0.2) is 24.3 Å². The number of benzene rings is 1. The van der Waals surface area contributed by atoms with Crippen LogP contribution in [0.1, 0.15) is 6.42 Å². The predicted octanol–water partition coefficient (Wildman–Crippen LogP) is 0.944. The first-order valence-electron chi connectivity index (χ1n) is 5.65. The Labute approximate surface area is 102 Å². The van der Waals surface area contributed by atoms with Gasteiger partial charge in [-0.2, -0.15) is 0 Å². The Morgan fingerprint density at radius 2 is 1.82 bits per heavy atom. The summed E-state index contributed by atoms with van der Waals surface area (Å²) in [6.45, 7) is 2.49. The van der Waals surface area contributed by atoms with Gasteiger partial charge in [-0.05, 0) is 12.1 Å². The van der Waals surface area contributed by atoms with Crippen molar-refractivity contribution < 1.29 is 14.2 Å². The molecule has 5 heteroatoms. The lowest BCUT2D eigenvalue weighted by Crippen LogP contribution is -2.27. The summed E-state index contributed by atoms with van der Waals surface area (Å²) in [4.78, 5) is 0. The standard InChI is InChI=1S/C12H20N2O3/c1-15-7-3-8-16-11-4-2-5-12(10-11)17-9-6-14-13/h2,4-5,10,14H,3,6-9,13H2,1H3. The van der Waals surface area contributed by atoms with Crippen LogP contribution >= 0.6 is 0 Å². The van der Waals surface area contributed by atoms with Gasteiger partial charge < -0.3 is 14.2 Å². The van der Waals surface area contributed by atoms with Crippen molar-refractivity contribution in [2.24, 2.45) is 5.84 Å². The maximum atomic E-state index is 5.55. The molecule has 0 heterocycles. The van der Waals surface area contributed by atoms with E-state index in [2.05, 4.69) is 5.43 Å².